The molecule has 0 aliphatic rings. The Bertz CT molecular complexity index is 561. The molecule has 1 heterocycles. The van der Waals surface area contributed by atoms with Gasteiger partial charge in [-0.15, -0.1) is 0 Å². The number of imidazole rings is 1. The highest BCUT2D eigenvalue weighted by Gasteiger charge is 2.13. The Morgan fingerprint density at radius 3 is 2.42 bits per heavy atom. The molecule has 0 aliphatic heterocycles. The Labute approximate surface area is 121 Å². The molecule has 0 aliphatic carbocycles. The third-order valence-corrected chi connectivity index (χ3v) is 3.38. The molecule has 0 fully saturated rings. The lowest BCUT2D eigenvalue weighted by Gasteiger charge is -2.10. The standard InChI is InChI=1S/C14H18BrN3O/c1-9(2)19-11-6-4-10(5-7-11)13-14(15)17-12(8-16)18(13)3/h4-7,9H,8,16H2,1-3H3. The fourth-order valence-corrected chi connectivity index (χ4v) is 2.67. The van der Waals surface area contributed by atoms with Crippen molar-refractivity contribution >= 4 is 15.9 Å². The van der Waals surface area contributed by atoms with Crippen LogP contribution in [0.5, 0.6) is 5.75 Å². The molecule has 2 aromatic rings. The number of hydrogen-bond donors (Lipinski definition) is 1. The highest BCUT2D eigenvalue weighted by atomic mass is 79.9. The molecule has 0 spiro atoms. The molecular weight excluding hydrogens is 306 g/mol. The van der Waals surface area contributed by atoms with Crippen molar-refractivity contribution in [1.82, 2.24) is 9.55 Å². The van der Waals surface area contributed by atoms with E-state index in [4.69, 9.17) is 10.5 Å². The summed E-state index contributed by atoms with van der Waals surface area (Å²) in [6.45, 7) is 4.45. The molecule has 5 heteroatoms. The molecule has 2 N–H and O–H groups in total. The van der Waals surface area contributed by atoms with Gasteiger partial charge in [-0.3, -0.25) is 0 Å². The molecule has 2 rings (SSSR count). The zero-order valence-corrected chi connectivity index (χ0v) is 12.9. The van der Waals surface area contributed by atoms with Crippen LogP contribution in [-0.2, 0) is 13.6 Å². The van der Waals surface area contributed by atoms with Gasteiger partial charge in [0, 0.05) is 12.6 Å². The molecule has 0 amide bonds. The molecule has 102 valence electrons. The van der Waals surface area contributed by atoms with Gasteiger partial charge in [-0.05, 0) is 54.0 Å². The van der Waals surface area contributed by atoms with Crippen molar-refractivity contribution in [3.63, 3.8) is 0 Å². The van der Waals surface area contributed by atoms with Crippen LogP contribution in [0.25, 0.3) is 11.3 Å². The van der Waals surface area contributed by atoms with Crippen LogP contribution in [0.2, 0.25) is 0 Å². The van der Waals surface area contributed by atoms with Gasteiger partial charge in [0.05, 0.1) is 18.3 Å². The molecule has 0 saturated carbocycles. The van der Waals surface area contributed by atoms with Crippen molar-refractivity contribution in [1.29, 1.82) is 0 Å². The number of benzene rings is 1. The van der Waals surface area contributed by atoms with Gasteiger partial charge in [0.2, 0.25) is 0 Å². The van der Waals surface area contributed by atoms with E-state index in [0.717, 1.165) is 27.4 Å². The molecule has 0 saturated heterocycles. The van der Waals surface area contributed by atoms with E-state index in [9.17, 15) is 0 Å². The lowest BCUT2D eigenvalue weighted by Crippen LogP contribution is -2.06. The Morgan fingerprint density at radius 1 is 1.32 bits per heavy atom. The summed E-state index contributed by atoms with van der Waals surface area (Å²) in [4.78, 5) is 4.40. The molecule has 1 aromatic carbocycles. The van der Waals surface area contributed by atoms with Crippen LogP contribution in [0.3, 0.4) is 0 Å². The highest BCUT2D eigenvalue weighted by molar-refractivity contribution is 9.10. The number of nitrogens with zero attached hydrogens (tertiary/aromatic N) is 2. The lowest BCUT2D eigenvalue weighted by atomic mass is 10.1. The van der Waals surface area contributed by atoms with Gasteiger partial charge < -0.3 is 15.0 Å². The highest BCUT2D eigenvalue weighted by Crippen LogP contribution is 2.29. The number of rotatable bonds is 4. The molecule has 0 bridgehead atoms. The van der Waals surface area contributed by atoms with Gasteiger partial charge in [0.1, 0.15) is 16.2 Å². The van der Waals surface area contributed by atoms with E-state index >= 15 is 0 Å². The Balaban J connectivity index is 2.34. The minimum absolute atomic E-state index is 0.179. The topological polar surface area (TPSA) is 53.1 Å². The van der Waals surface area contributed by atoms with Gasteiger partial charge in [0.25, 0.3) is 0 Å². The number of nitrogens with two attached hydrogens (primary N) is 1. The van der Waals surface area contributed by atoms with E-state index in [-0.39, 0.29) is 6.10 Å². The Hall–Kier alpha value is -1.33. The molecular formula is C14H18BrN3O. The van der Waals surface area contributed by atoms with Gasteiger partial charge in [-0.25, -0.2) is 4.98 Å². The van der Waals surface area contributed by atoms with Gasteiger partial charge in [-0.1, -0.05) is 0 Å². The van der Waals surface area contributed by atoms with E-state index in [1.165, 1.54) is 0 Å². The molecule has 1 aromatic heterocycles. The molecule has 0 atom stereocenters. The van der Waals surface area contributed by atoms with Crippen molar-refractivity contribution in [2.75, 3.05) is 0 Å². The third kappa shape index (κ3) is 2.98. The van der Waals surface area contributed by atoms with Crippen molar-refractivity contribution < 1.29 is 4.74 Å². The maximum Gasteiger partial charge on any atom is 0.132 e. The summed E-state index contributed by atoms with van der Waals surface area (Å²) in [7, 11) is 1.97. The summed E-state index contributed by atoms with van der Waals surface area (Å²) < 4.78 is 8.45. The first-order valence-electron chi connectivity index (χ1n) is 6.21. The van der Waals surface area contributed by atoms with Gasteiger partial charge in [0.15, 0.2) is 0 Å². The van der Waals surface area contributed by atoms with E-state index in [2.05, 4.69) is 20.9 Å². The van der Waals surface area contributed by atoms with Crippen LogP contribution in [0.15, 0.2) is 28.9 Å². The monoisotopic (exact) mass is 323 g/mol. The quantitative estimate of drug-likeness (QED) is 0.940. The van der Waals surface area contributed by atoms with Crippen molar-refractivity contribution in [2.45, 2.75) is 26.5 Å². The summed E-state index contributed by atoms with van der Waals surface area (Å²) in [5.41, 5.74) is 7.77. The minimum atomic E-state index is 0.179. The van der Waals surface area contributed by atoms with E-state index in [1.54, 1.807) is 0 Å². The second-order valence-corrected chi connectivity index (χ2v) is 5.37. The molecule has 19 heavy (non-hydrogen) atoms. The fraction of sp³-hybridized carbons (Fsp3) is 0.357. The third-order valence-electron chi connectivity index (χ3n) is 2.83. The maximum atomic E-state index is 5.67. The van der Waals surface area contributed by atoms with Crippen molar-refractivity contribution in [2.24, 2.45) is 12.8 Å². The Morgan fingerprint density at radius 2 is 1.95 bits per heavy atom. The van der Waals surface area contributed by atoms with Crippen molar-refractivity contribution in [3.8, 4) is 17.0 Å². The predicted molar refractivity (Wildman–Crippen MR) is 80.0 cm³/mol. The molecule has 0 unspecified atom stereocenters. The number of ether oxygens (including phenoxy) is 1. The van der Waals surface area contributed by atoms with Crippen molar-refractivity contribution in [3.05, 3.63) is 34.7 Å². The SMILES string of the molecule is CC(C)Oc1ccc(-c2c(Br)nc(CN)n2C)cc1. The first-order chi connectivity index (χ1) is 9.02. The zero-order chi connectivity index (χ0) is 14.0. The maximum absolute atomic E-state index is 5.67. The molecule has 4 nitrogen and oxygen atoms in total. The number of aromatic nitrogens is 2. The zero-order valence-electron chi connectivity index (χ0n) is 11.4. The van der Waals surface area contributed by atoms with Gasteiger partial charge >= 0.3 is 0 Å². The average Bonchev–Trinajstić information content (AvgIpc) is 2.65. The normalized spacial score (nSPS) is 11.1. The van der Waals surface area contributed by atoms with E-state index in [1.807, 2.05) is 49.7 Å². The van der Waals surface area contributed by atoms with Crippen LogP contribution in [0.1, 0.15) is 19.7 Å². The predicted octanol–water partition coefficient (Wildman–Crippen LogP) is 3.10. The van der Waals surface area contributed by atoms with E-state index < -0.39 is 0 Å². The number of hydrogen-bond acceptors (Lipinski definition) is 3. The van der Waals surface area contributed by atoms with Crippen LogP contribution < -0.4 is 10.5 Å². The summed E-state index contributed by atoms with van der Waals surface area (Å²) in [6, 6.07) is 7.99. The number of halogens is 1. The first kappa shape index (κ1) is 14.1. The first-order valence-corrected chi connectivity index (χ1v) is 7.00. The molecule has 0 radical (unpaired) electrons. The lowest BCUT2D eigenvalue weighted by molar-refractivity contribution is 0.242. The Kier molecular flexibility index (Phi) is 4.27. The average molecular weight is 324 g/mol. The second-order valence-electron chi connectivity index (χ2n) is 4.62. The van der Waals surface area contributed by atoms with Crippen LogP contribution in [-0.4, -0.2) is 15.7 Å². The van der Waals surface area contributed by atoms with E-state index in [0.29, 0.717) is 6.54 Å². The second kappa shape index (κ2) is 5.75. The summed E-state index contributed by atoms with van der Waals surface area (Å²) in [5, 5.41) is 0. The fourth-order valence-electron chi connectivity index (χ4n) is 1.97. The largest absolute Gasteiger partial charge is 0.491 e. The summed E-state index contributed by atoms with van der Waals surface area (Å²) >= 11 is 3.49. The van der Waals surface area contributed by atoms with Crippen LogP contribution >= 0.6 is 15.9 Å². The smallest absolute Gasteiger partial charge is 0.132 e. The van der Waals surface area contributed by atoms with Gasteiger partial charge in [-0.2, -0.15) is 0 Å². The summed E-state index contributed by atoms with van der Waals surface area (Å²) in [5.74, 6) is 1.72. The van der Waals surface area contributed by atoms with Crippen LogP contribution in [0.4, 0.5) is 0 Å². The minimum Gasteiger partial charge on any atom is -0.491 e. The summed E-state index contributed by atoms with van der Waals surface area (Å²) in [6.07, 6.45) is 0.179. The van der Waals surface area contributed by atoms with Crippen LogP contribution in [0, 0.1) is 0 Å².